The van der Waals surface area contributed by atoms with E-state index >= 15 is 0 Å². The van der Waals surface area contributed by atoms with Crippen molar-refractivity contribution in [2.75, 3.05) is 11.6 Å². The number of fused-ring (bicyclic) bond motifs is 3. The van der Waals surface area contributed by atoms with Gasteiger partial charge in [0.2, 0.25) is 5.88 Å². The molecule has 0 saturated carbocycles. The normalized spacial score (nSPS) is 23.7. The molecule has 0 bridgehead atoms. The summed E-state index contributed by atoms with van der Waals surface area (Å²) in [7, 11) is -3.04. The minimum absolute atomic E-state index is 0.0652. The quantitative estimate of drug-likeness (QED) is 0.811. The molecule has 0 fully saturated rings. The van der Waals surface area contributed by atoms with E-state index in [1.165, 1.54) is 18.0 Å². The number of hydrogen-bond donors (Lipinski definition) is 1. The van der Waals surface area contributed by atoms with Gasteiger partial charge in [0.05, 0.1) is 22.5 Å². The van der Waals surface area contributed by atoms with E-state index in [4.69, 9.17) is 4.74 Å². The molecule has 1 aromatic carbocycles. The minimum Gasteiger partial charge on any atom is -0.472 e. The lowest BCUT2D eigenvalue weighted by molar-refractivity contribution is 0.248. The van der Waals surface area contributed by atoms with Crippen LogP contribution >= 0.6 is 0 Å². The molecule has 3 aliphatic rings. The maximum Gasteiger partial charge on any atom is 0.353 e. The lowest BCUT2D eigenvalue weighted by Gasteiger charge is -2.15. The van der Waals surface area contributed by atoms with Crippen LogP contribution in [0, 0.1) is 0 Å². The van der Waals surface area contributed by atoms with E-state index in [1.807, 2.05) is 6.92 Å². The molecule has 1 aromatic heterocycles. The summed E-state index contributed by atoms with van der Waals surface area (Å²) in [6.45, 7) is 2.47. The van der Waals surface area contributed by atoms with Crippen LogP contribution in [0.25, 0.3) is 0 Å². The molecule has 2 amide bonds. The summed E-state index contributed by atoms with van der Waals surface area (Å²) < 4.78 is 38.5. The van der Waals surface area contributed by atoms with Crippen LogP contribution in [0.4, 0.5) is 14.9 Å². The number of amides is 2. The van der Waals surface area contributed by atoms with Crippen molar-refractivity contribution in [2.24, 2.45) is 4.36 Å². The van der Waals surface area contributed by atoms with Crippen LogP contribution < -0.4 is 10.1 Å². The highest BCUT2D eigenvalue weighted by Gasteiger charge is 2.31. The predicted molar refractivity (Wildman–Crippen MR) is 107 cm³/mol. The molecule has 0 saturated heterocycles. The SMILES string of the molecule is C[C@@H]1Cn2ncc([S@](C)(=O)=NC(=O)Nc3c4c(cc5c3C[C@H](F)C5)CCC4)c2O1. The molecule has 154 valence electrons. The van der Waals surface area contributed by atoms with Gasteiger partial charge in [-0.15, -0.1) is 4.36 Å². The molecule has 2 aromatic rings. The number of carbonyl (C=O) groups is 1. The molecule has 7 nitrogen and oxygen atoms in total. The second-order valence-electron chi connectivity index (χ2n) is 8.13. The smallest absolute Gasteiger partial charge is 0.353 e. The minimum atomic E-state index is -3.04. The molecular formula is C20H23FN4O3S. The van der Waals surface area contributed by atoms with Gasteiger partial charge in [-0.1, -0.05) is 6.07 Å². The predicted octanol–water partition coefficient (Wildman–Crippen LogP) is 3.28. The Bertz CT molecular complexity index is 1150. The molecule has 3 atom stereocenters. The average Bonchev–Trinajstić information content (AvgIpc) is 3.36. The number of nitrogens with zero attached hydrogens (tertiary/aromatic N) is 3. The van der Waals surface area contributed by atoms with Crippen LogP contribution in [0.15, 0.2) is 21.5 Å². The Morgan fingerprint density at radius 1 is 1.34 bits per heavy atom. The van der Waals surface area contributed by atoms with Crippen LogP contribution in [-0.4, -0.2) is 38.6 Å². The number of urea groups is 1. The Hall–Kier alpha value is -2.42. The van der Waals surface area contributed by atoms with Gasteiger partial charge in [-0.2, -0.15) is 5.10 Å². The molecule has 0 radical (unpaired) electrons. The van der Waals surface area contributed by atoms with E-state index in [0.717, 1.165) is 36.0 Å². The van der Waals surface area contributed by atoms with Gasteiger partial charge in [-0.25, -0.2) is 18.1 Å². The van der Waals surface area contributed by atoms with Crippen molar-refractivity contribution >= 4 is 21.4 Å². The second-order valence-corrected chi connectivity index (χ2v) is 10.4. The van der Waals surface area contributed by atoms with Crippen LogP contribution in [0.1, 0.15) is 35.6 Å². The lowest BCUT2D eigenvalue weighted by atomic mass is 9.99. The Balaban J connectivity index is 1.49. The standard InChI is InChI=1S/C20H23FN4O3S/c1-11-10-25-19(28-11)17(9-22-25)29(2,27)24-20(26)23-18-15-5-3-4-12(15)6-13-7-14(21)8-16(13)18/h6,9,11,14H,3-5,7-8,10H2,1-2H3,(H,23,26)/t11-,14-,29+/m1/s1. The van der Waals surface area contributed by atoms with E-state index in [0.29, 0.717) is 35.8 Å². The Morgan fingerprint density at radius 2 is 2.17 bits per heavy atom. The summed E-state index contributed by atoms with van der Waals surface area (Å²) >= 11 is 0. The van der Waals surface area contributed by atoms with E-state index in [2.05, 4.69) is 20.8 Å². The third-order valence-electron chi connectivity index (χ3n) is 5.87. The maximum atomic E-state index is 14.0. The molecule has 9 heteroatoms. The van der Waals surface area contributed by atoms with Gasteiger partial charge >= 0.3 is 6.03 Å². The van der Waals surface area contributed by atoms with Gasteiger partial charge in [-0.3, -0.25) is 0 Å². The number of nitrogens with one attached hydrogen (secondary N) is 1. The van der Waals surface area contributed by atoms with Crippen molar-refractivity contribution < 1.29 is 18.1 Å². The first-order chi connectivity index (χ1) is 13.8. The summed E-state index contributed by atoms with van der Waals surface area (Å²) in [6, 6.07) is 1.40. The van der Waals surface area contributed by atoms with Crippen molar-refractivity contribution in [1.82, 2.24) is 9.78 Å². The number of rotatable bonds is 2. The largest absolute Gasteiger partial charge is 0.472 e. The Kier molecular flexibility index (Phi) is 4.20. The number of aromatic nitrogens is 2. The fourth-order valence-corrected chi connectivity index (χ4v) is 5.81. The molecule has 2 aliphatic carbocycles. The number of benzene rings is 1. The lowest BCUT2D eigenvalue weighted by Crippen LogP contribution is -2.14. The van der Waals surface area contributed by atoms with Crippen LogP contribution in [-0.2, 0) is 42.0 Å². The summed E-state index contributed by atoms with van der Waals surface area (Å²) in [4.78, 5) is 13.1. The van der Waals surface area contributed by atoms with Gasteiger partial charge in [0.15, 0.2) is 0 Å². The molecular weight excluding hydrogens is 395 g/mol. The van der Waals surface area contributed by atoms with Gasteiger partial charge in [0, 0.05) is 24.8 Å². The number of aryl methyl sites for hydroxylation is 1. The number of alkyl halides is 1. The fourth-order valence-electron chi connectivity index (χ4n) is 4.62. The van der Waals surface area contributed by atoms with Gasteiger partial charge in [-0.05, 0) is 48.4 Å². The second kappa shape index (κ2) is 6.55. The maximum absolute atomic E-state index is 14.0. The first kappa shape index (κ1) is 18.6. The Morgan fingerprint density at radius 3 is 3.00 bits per heavy atom. The number of anilines is 1. The summed E-state index contributed by atoms with van der Waals surface area (Å²) in [5, 5.41) is 7.02. The molecule has 5 rings (SSSR count). The van der Waals surface area contributed by atoms with Gasteiger partial charge in [0.25, 0.3) is 0 Å². The van der Waals surface area contributed by atoms with Crippen LogP contribution in [0.5, 0.6) is 5.88 Å². The zero-order valence-electron chi connectivity index (χ0n) is 16.4. The van der Waals surface area contributed by atoms with Crippen molar-refractivity contribution in [3.05, 3.63) is 34.5 Å². The molecule has 1 N–H and O–H groups in total. The van der Waals surface area contributed by atoms with Crippen molar-refractivity contribution in [3.63, 3.8) is 0 Å². The van der Waals surface area contributed by atoms with E-state index in [-0.39, 0.29) is 6.10 Å². The van der Waals surface area contributed by atoms with E-state index < -0.39 is 21.9 Å². The highest BCUT2D eigenvalue weighted by atomic mass is 32.2. The summed E-state index contributed by atoms with van der Waals surface area (Å²) in [6.07, 6.45) is 5.34. The molecule has 0 unspecified atom stereocenters. The van der Waals surface area contributed by atoms with Crippen molar-refractivity contribution in [3.8, 4) is 5.88 Å². The number of halogens is 1. The molecule has 1 aliphatic heterocycles. The zero-order chi connectivity index (χ0) is 20.3. The zero-order valence-corrected chi connectivity index (χ0v) is 17.2. The Labute approximate surface area is 168 Å². The van der Waals surface area contributed by atoms with E-state index in [9.17, 15) is 13.4 Å². The fraction of sp³-hybridized carbons (Fsp3) is 0.500. The molecule has 0 spiro atoms. The van der Waals surface area contributed by atoms with Crippen molar-refractivity contribution in [1.29, 1.82) is 0 Å². The topological polar surface area (TPSA) is 85.6 Å². The number of carbonyl (C=O) groups excluding carboxylic acids is 1. The highest BCUT2D eigenvalue weighted by molar-refractivity contribution is 7.93. The number of hydrogen-bond acceptors (Lipinski definition) is 4. The highest BCUT2D eigenvalue weighted by Crippen LogP contribution is 2.39. The third kappa shape index (κ3) is 3.11. The molecule has 29 heavy (non-hydrogen) atoms. The number of ether oxygens (including phenoxy) is 1. The first-order valence-corrected chi connectivity index (χ1v) is 11.8. The van der Waals surface area contributed by atoms with Gasteiger partial charge in [0.1, 0.15) is 17.2 Å². The van der Waals surface area contributed by atoms with Crippen LogP contribution in [0.3, 0.4) is 0 Å². The molecule has 2 heterocycles. The monoisotopic (exact) mass is 418 g/mol. The summed E-state index contributed by atoms with van der Waals surface area (Å²) in [5.74, 6) is 0.406. The average molecular weight is 418 g/mol. The third-order valence-corrected chi connectivity index (χ3v) is 7.48. The first-order valence-electron chi connectivity index (χ1n) is 9.88. The van der Waals surface area contributed by atoms with Crippen molar-refractivity contribution in [2.45, 2.75) is 62.7 Å². The van der Waals surface area contributed by atoms with Crippen LogP contribution in [0.2, 0.25) is 0 Å². The van der Waals surface area contributed by atoms with Gasteiger partial charge < -0.3 is 10.1 Å². The summed E-state index contributed by atoms with van der Waals surface area (Å²) in [5.41, 5.74) is 4.72. The van der Waals surface area contributed by atoms with E-state index in [1.54, 1.807) is 4.68 Å².